The van der Waals surface area contributed by atoms with Gasteiger partial charge in [0.15, 0.2) is 6.10 Å². The van der Waals surface area contributed by atoms with E-state index < -0.39 is 12.2 Å². The number of quaternary nitrogens is 1. The molecule has 3 aromatic rings. The summed E-state index contributed by atoms with van der Waals surface area (Å²) >= 11 is 0. The number of benzene rings is 3. The number of rotatable bonds is 8. The Morgan fingerprint density at radius 1 is 0.862 bits per heavy atom. The first kappa shape index (κ1) is 22.3. The summed E-state index contributed by atoms with van der Waals surface area (Å²) in [5.74, 6) is 0.735. The highest BCUT2D eigenvalue weighted by Gasteiger charge is 2.16. The molecule has 152 valence electrons. The summed E-state index contributed by atoms with van der Waals surface area (Å²) in [6, 6.07) is 27.4. The summed E-state index contributed by atoms with van der Waals surface area (Å²) < 4.78 is 11.1. The van der Waals surface area contributed by atoms with Crippen molar-refractivity contribution >= 4 is 11.8 Å². The second-order valence-corrected chi connectivity index (χ2v) is 6.42. The largest absolute Gasteiger partial charge is 1.00 e. The number of anilines is 1. The molecule has 29 heavy (non-hydrogen) atoms. The number of nitrogens with one attached hydrogen (secondary N) is 1. The predicted molar refractivity (Wildman–Crippen MR) is 109 cm³/mol. The number of carbonyl (C=O) groups is 1. The maximum atomic E-state index is 12.2. The molecule has 1 amide bonds. The van der Waals surface area contributed by atoms with Crippen molar-refractivity contribution in [3.8, 4) is 5.75 Å². The quantitative estimate of drug-likeness (QED) is 0.566. The lowest BCUT2D eigenvalue weighted by molar-refractivity contribution is -0.383. The smallest absolute Gasteiger partial charge is 0.412 e. The molecule has 0 heterocycles. The van der Waals surface area contributed by atoms with Crippen molar-refractivity contribution in [1.82, 2.24) is 0 Å². The van der Waals surface area contributed by atoms with Crippen molar-refractivity contribution < 1.29 is 32.4 Å². The lowest BCUT2D eigenvalue weighted by Gasteiger charge is -2.16. The molecule has 5 nitrogen and oxygen atoms in total. The molecule has 0 saturated carbocycles. The van der Waals surface area contributed by atoms with Gasteiger partial charge in [-0.1, -0.05) is 60.7 Å². The van der Waals surface area contributed by atoms with Gasteiger partial charge in [0, 0.05) is 5.69 Å². The van der Waals surface area contributed by atoms with Crippen LogP contribution >= 0.6 is 0 Å². The molecule has 0 aromatic heterocycles. The third-order valence-electron chi connectivity index (χ3n) is 4.23. The van der Waals surface area contributed by atoms with Gasteiger partial charge in [-0.15, -0.1) is 0 Å². The van der Waals surface area contributed by atoms with E-state index in [4.69, 9.17) is 9.47 Å². The number of ether oxygens (including phenoxy) is 2. The lowest BCUT2D eigenvalue weighted by Crippen LogP contribution is -3.00. The molecule has 0 unspecified atom stereocenters. The zero-order valence-electron chi connectivity index (χ0n) is 16.1. The summed E-state index contributed by atoms with van der Waals surface area (Å²) in [5, 5.41) is 2.75. The van der Waals surface area contributed by atoms with Gasteiger partial charge < -0.3 is 27.6 Å². The zero-order valence-corrected chi connectivity index (χ0v) is 16.8. The summed E-state index contributed by atoms with van der Waals surface area (Å²) in [4.78, 5) is 12.2. The van der Waals surface area contributed by atoms with Crippen LogP contribution in [-0.4, -0.2) is 25.3 Å². The van der Waals surface area contributed by atoms with Gasteiger partial charge in [-0.05, 0) is 41.8 Å². The van der Waals surface area contributed by atoms with Gasteiger partial charge in [0.2, 0.25) is 0 Å². The Balaban J connectivity index is 0.00000300. The third-order valence-corrected chi connectivity index (χ3v) is 4.23. The summed E-state index contributed by atoms with van der Waals surface area (Å²) in [6.07, 6.45) is -0.0786. The second kappa shape index (κ2) is 11.7. The van der Waals surface area contributed by atoms with Crippen LogP contribution in [-0.2, 0) is 11.2 Å². The first-order valence-electron chi connectivity index (χ1n) is 9.30. The average molecular weight is 413 g/mol. The van der Waals surface area contributed by atoms with E-state index in [0.29, 0.717) is 12.2 Å². The first-order chi connectivity index (χ1) is 13.7. The van der Waals surface area contributed by atoms with Crippen LogP contribution in [0.1, 0.15) is 11.1 Å². The lowest BCUT2D eigenvalue weighted by atomic mass is 10.1. The molecule has 4 N–H and O–H groups in total. The number of carbonyl (C=O) groups excluding carboxylic acids is 1. The van der Waals surface area contributed by atoms with Crippen LogP contribution in [0.25, 0.3) is 0 Å². The van der Waals surface area contributed by atoms with Crippen LogP contribution in [0.5, 0.6) is 5.75 Å². The van der Waals surface area contributed by atoms with Crippen LogP contribution in [0.4, 0.5) is 10.5 Å². The highest BCUT2D eigenvalue weighted by molar-refractivity contribution is 5.84. The Bertz CT molecular complexity index is 858. The summed E-state index contributed by atoms with van der Waals surface area (Å²) in [7, 11) is 0. The monoisotopic (exact) mass is 412 g/mol. The Hall–Kier alpha value is -3.02. The number of amides is 1. The fraction of sp³-hybridized carbons (Fsp3) is 0.174. The number of hydrogen-bond acceptors (Lipinski definition) is 3. The van der Waals surface area contributed by atoms with Gasteiger partial charge in [0.05, 0.1) is 0 Å². The van der Waals surface area contributed by atoms with Gasteiger partial charge >= 0.3 is 6.09 Å². The average Bonchev–Trinajstić information content (AvgIpc) is 2.74. The molecule has 0 spiro atoms. The molecule has 0 aliphatic heterocycles. The highest BCUT2D eigenvalue weighted by Crippen LogP contribution is 2.14. The van der Waals surface area contributed by atoms with E-state index in [-0.39, 0.29) is 19.0 Å². The molecule has 0 bridgehead atoms. The van der Waals surface area contributed by atoms with Crippen LogP contribution in [0.2, 0.25) is 0 Å². The van der Waals surface area contributed by atoms with E-state index >= 15 is 0 Å². The third kappa shape index (κ3) is 7.49. The Labute approximate surface area is 177 Å². The minimum absolute atomic E-state index is 0. The van der Waals surface area contributed by atoms with Crippen molar-refractivity contribution in [3.63, 3.8) is 0 Å². The molecular weight excluding hydrogens is 388 g/mol. The molecule has 0 aliphatic carbocycles. The first-order valence-corrected chi connectivity index (χ1v) is 9.30. The maximum absolute atomic E-state index is 12.2. The van der Waals surface area contributed by atoms with E-state index in [1.54, 1.807) is 0 Å². The van der Waals surface area contributed by atoms with Crippen LogP contribution < -0.4 is 28.2 Å². The van der Waals surface area contributed by atoms with Crippen molar-refractivity contribution in [3.05, 3.63) is 96.1 Å². The molecule has 0 radical (unpaired) electrons. The van der Waals surface area contributed by atoms with Crippen LogP contribution in [0, 0.1) is 0 Å². The van der Waals surface area contributed by atoms with E-state index in [0.717, 1.165) is 12.2 Å². The standard InChI is InChI=1S/C23H24N2O3.ClH/c24-16-22(17-27-21-9-5-2-6-10-21)28-23(26)25-20-13-11-19(12-14-20)15-18-7-3-1-4-8-18;/h1-14,22H,15-17,24H2,(H,25,26);1H/t22-;/m1./s1. The summed E-state index contributed by atoms with van der Waals surface area (Å²) in [6.45, 7) is 0.688. The predicted octanol–water partition coefficient (Wildman–Crippen LogP) is 0.519. The molecule has 0 fully saturated rings. The normalized spacial score (nSPS) is 11.1. The highest BCUT2D eigenvalue weighted by atomic mass is 35.5. The van der Waals surface area contributed by atoms with E-state index in [2.05, 4.69) is 23.2 Å². The van der Waals surface area contributed by atoms with Gasteiger partial charge in [0.25, 0.3) is 0 Å². The minimum atomic E-state index is -0.513. The van der Waals surface area contributed by atoms with Crippen molar-refractivity contribution in [2.24, 2.45) is 0 Å². The SMILES string of the molecule is [Cl-].[NH3+]C[C@H](COc1ccccc1)OC(=O)Nc1ccc(Cc2ccccc2)cc1. The Kier molecular flexibility index (Phi) is 9.02. The van der Waals surface area contributed by atoms with Crippen LogP contribution in [0.3, 0.4) is 0 Å². The van der Waals surface area contributed by atoms with Crippen molar-refractivity contribution in [2.75, 3.05) is 18.5 Å². The topological polar surface area (TPSA) is 75.2 Å². The molecule has 3 rings (SSSR count). The summed E-state index contributed by atoms with van der Waals surface area (Å²) in [5.41, 5.74) is 6.94. The van der Waals surface area contributed by atoms with Crippen molar-refractivity contribution in [1.29, 1.82) is 0 Å². The fourth-order valence-electron chi connectivity index (χ4n) is 2.72. The Morgan fingerprint density at radius 3 is 2.07 bits per heavy atom. The van der Waals surface area contributed by atoms with Gasteiger partial charge in [0.1, 0.15) is 18.9 Å². The van der Waals surface area contributed by atoms with E-state index in [1.807, 2.05) is 72.8 Å². The van der Waals surface area contributed by atoms with E-state index in [9.17, 15) is 4.79 Å². The van der Waals surface area contributed by atoms with Gasteiger partial charge in [-0.25, -0.2) is 4.79 Å². The van der Waals surface area contributed by atoms with E-state index in [1.165, 1.54) is 11.1 Å². The minimum Gasteiger partial charge on any atom is -1.00 e. The van der Waals surface area contributed by atoms with Crippen molar-refractivity contribution in [2.45, 2.75) is 12.5 Å². The Morgan fingerprint density at radius 2 is 1.45 bits per heavy atom. The molecule has 6 heteroatoms. The molecule has 1 atom stereocenters. The van der Waals surface area contributed by atoms with Crippen LogP contribution in [0.15, 0.2) is 84.9 Å². The zero-order chi connectivity index (χ0) is 19.6. The number of halogens is 1. The van der Waals surface area contributed by atoms with Gasteiger partial charge in [-0.3, -0.25) is 5.32 Å². The molecule has 3 aromatic carbocycles. The number of para-hydroxylation sites is 1. The molecule has 0 aliphatic rings. The fourth-order valence-corrected chi connectivity index (χ4v) is 2.72. The van der Waals surface area contributed by atoms with Gasteiger partial charge in [-0.2, -0.15) is 0 Å². The number of hydrogen-bond donors (Lipinski definition) is 2. The second-order valence-electron chi connectivity index (χ2n) is 6.42. The molecular formula is C23H25ClN2O3. The molecule has 0 saturated heterocycles. The maximum Gasteiger partial charge on any atom is 0.412 e.